The molecule has 2 aromatic heterocycles. The Balaban J connectivity index is 1.39. The van der Waals surface area contributed by atoms with E-state index in [0.29, 0.717) is 17.8 Å². The molecule has 2 N–H and O–H groups in total. The highest BCUT2D eigenvalue weighted by Gasteiger charge is 2.21. The summed E-state index contributed by atoms with van der Waals surface area (Å²) in [6.45, 7) is 1.60. The van der Waals surface area contributed by atoms with Gasteiger partial charge in [-0.05, 0) is 25.9 Å². The Morgan fingerprint density at radius 2 is 1.72 bits per heavy atom. The van der Waals surface area contributed by atoms with E-state index in [-0.39, 0.29) is 29.4 Å². The maximum Gasteiger partial charge on any atom is 0.228 e. The lowest BCUT2D eigenvalue weighted by Gasteiger charge is -2.23. The summed E-state index contributed by atoms with van der Waals surface area (Å²) in [7, 11) is 2.57. The topological polar surface area (TPSA) is 95.3 Å². The van der Waals surface area contributed by atoms with Crippen molar-refractivity contribution in [2.75, 3.05) is 32.6 Å². The van der Waals surface area contributed by atoms with Crippen LogP contribution in [-0.4, -0.2) is 46.8 Å². The molecule has 1 aliphatic heterocycles. The Kier molecular flexibility index (Phi) is 6.64. The first-order chi connectivity index (χ1) is 15.6. The van der Waals surface area contributed by atoms with Gasteiger partial charge in [0, 0.05) is 18.3 Å². The van der Waals surface area contributed by atoms with Gasteiger partial charge in [0.25, 0.3) is 0 Å². The minimum absolute atomic E-state index is 0.137. The Morgan fingerprint density at radius 3 is 2.34 bits per heavy atom. The van der Waals surface area contributed by atoms with Gasteiger partial charge in [0.05, 0.1) is 38.5 Å². The SMILES string of the molecule is COc1cc(OC)c(F)c(COc2cnc(Nc3cn(C4CCNCC4)cn3)nc2)c1F. The normalized spacial score (nSPS) is 14.2. The maximum absolute atomic E-state index is 14.4. The van der Waals surface area contributed by atoms with Crippen LogP contribution in [0.3, 0.4) is 0 Å². The van der Waals surface area contributed by atoms with Crippen molar-refractivity contribution < 1.29 is 23.0 Å². The van der Waals surface area contributed by atoms with Crippen LogP contribution in [-0.2, 0) is 6.61 Å². The zero-order valence-corrected chi connectivity index (χ0v) is 17.8. The summed E-state index contributed by atoms with van der Waals surface area (Å²) >= 11 is 0. The molecule has 1 fully saturated rings. The van der Waals surface area contributed by atoms with Crippen LogP contribution in [0, 0.1) is 11.6 Å². The van der Waals surface area contributed by atoms with Crippen LogP contribution < -0.4 is 24.8 Å². The monoisotopic (exact) mass is 446 g/mol. The summed E-state index contributed by atoms with van der Waals surface area (Å²) in [6, 6.07) is 1.57. The van der Waals surface area contributed by atoms with Gasteiger partial charge in [-0.2, -0.15) is 0 Å². The van der Waals surface area contributed by atoms with Crippen LogP contribution in [0.5, 0.6) is 17.2 Å². The molecule has 11 heteroatoms. The first kappa shape index (κ1) is 21.8. The third-order valence-corrected chi connectivity index (χ3v) is 5.25. The number of hydrogen-bond acceptors (Lipinski definition) is 8. The molecule has 3 aromatic rings. The van der Waals surface area contributed by atoms with Crippen molar-refractivity contribution in [1.29, 1.82) is 0 Å². The molecule has 0 amide bonds. The summed E-state index contributed by atoms with van der Waals surface area (Å²) in [6.07, 6.45) is 8.64. The number of rotatable bonds is 8. The van der Waals surface area contributed by atoms with E-state index < -0.39 is 11.6 Å². The highest BCUT2D eigenvalue weighted by Crippen LogP contribution is 2.32. The Hall–Kier alpha value is -3.47. The van der Waals surface area contributed by atoms with Crippen molar-refractivity contribution >= 4 is 11.8 Å². The van der Waals surface area contributed by atoms with Gasteiger partial charge in [0.1, 0.15) is 6.61 Å². The second kappa shape index (κ2) is 9.77. The lowest BCUT2D eigenvalue weighted by molar-refractivity contribution is 0.280. The first-order valence-electron chi connectivity index (χ1n) is 10.1. The fourth-order valence-electron chi connectivity index (χ4n) is 3.49. The van der Waals surface area contributed by atoms with Gasteiger partial charge in [-0.1, -0.05) is 0 Å². The number of halogens is 2. The molecule has 0 saturated carbocycles. The highest BCUT2D eigenvalue weighted by atomic mass is 19.1. The Labute approximate surface area is 183 Å². The number of nitrogens with zero attached hydrogens (tertiary/aromatic N) is 4. The largest absolute Gasteiger partial charge is 0.494 e. The fraction of sp³-hybridized carbons (Fsp3) is 0.381. The van der Waals surface area contributed by atoms with Crippen LogP contribution in [0.1, 0.15) is 24.4 Å². The van der Waals surface area contributed by atoms with Crippen LogP contribution in [0.15, 0.2) is 31.0 Å². The number of ether oxygens (including phenoxy) is 3. The molecule has 0 aliphatic carbocycles. The van der Waals surface area contributed by atoms with Gasteiger partial charge in [-0.3, -0.25) is 0 Å². The number of anilines is 2. The molecule has 1 aromatic carbocycles. The second-order valence-corrected chi connectivity index (χ2v) is 7.23. The lowest BCUT2D eigenvalue weighted by atomic mass is 10.1. The molecule has 0 unspecified atom stereocenters. The third-order valence-electron chi connectivity index (χ3n) is 5.25. The number of benzene rings is 1. The highest BCUT2D eigenvalue weighted by molar-refractivity contribution is 5.46. The van der Waals surface area contributed by atoms with Gasteiger partial charge in [0.15, 0.2) is 34.7 Å². The van der Waals surface area contributed by atoms with Crippen LogP contribution >= 0.6 is 0 Å². The van der Waals surface area contributed by atoms with Crippen molar-refractivity contribution in [3.63, 3.8) is 0 Å². The van der Waals surface area contributed by atoms with Crippen LogP contribution in [0.4, 0.5) is 20.5 Å². The van der Waals surface area contributed by atoms with E-state index in [4.69, 9.17) is 14.2 Å². The molecule has 0 spiro atoms. The van der Waals surface area contributed by atoms with E-state index in [9.17, 15) is 8.78 Å². The predicted molar refractivity (Wildman–Crippen MR) is 112 cm³/mol. The summed E-state index contributed by atoms with van der Waals surface area (Å²) in [5.41, 5.74) is -0.313. The van der Waals surface area contributed by atoms with Gasteiger partial charge in [-0.15, -0.1) is 0 Å². The maximum atomic E-state index is 14.4. The molecular formula is C21H24F2N6O3. The van der Waals surface area contributed by atoms with E-state index in [1.807, 2.05) is 6.20 Å². The van der Waals surface area contributed by atoms with Gasteiger partial charge in [0.2, 0.25) is 5.95 Å². The zero-order valence-electron chi connectivity index (χ0n) is 17.8. The summed E-state index contributed by atoms with van der Waals surface area (Å²) in [5.74, 6) is -0.777. The quantitative estimate of drug-likeness (QED) is 0.545. The third kappa shape index (κ3) is 4.72. The van der Waals surface area contributed by atoms with Crippen molar-refractivity contribution in [2.45, 2.75) is 25.5 Å². The van der Waals surface area contributed by atoms with Gasteiger partial charge < -0.3 is 29.4 Å². The zero-order chi connectivity index (χ0) is 22.5. The fourth-order valence-corrected chi connectivity index (χ4v) is 3.49. The smallest absolute Gasteiger partial charge is 0.228 e. The van der Waals surface area contributed by atoms with Gasteiger partial charge in [-0.25, -0.2) is 23.7 Å². The molecule has 1 saturated heterocycles. The molecule has 3 heterocycles. The minimum atomic E-state index is -0.852. The molecule has 0 radical (unpaired) electrons. The van der Waals surface area contributed by atoms with E-state index in [0.717, 1.165) is 32.0 Å². The molecule has 4 rings (SSSR count). The predicted octanol–water partition coefficient (Wildman–Crippen LogP) is 3.22. The second-order valence-electron chi connectivity index (χ2n) is 7.23. The van der Waals surface area contributed by atoms with E-state index >= 15 is 0 Å². The lowest BCUT2D eigenvalue weighted by Crippen LogP contribution is -2.28. The molecule has 170 valence electrons. The molecule has 1 aliphatic rings. The van der Waals surface area contributed by atoms with Crippen LogP contribution in [0.2, 0.25) is 0 Å². The van der Waals surface area contributed by atoms with Crippen molar-refractivity contribution in [3.05, 3.63) is 48.2 Å². The van der Waals surface area contributed by atoms with Crippen LogP contribution in [0.25, 0.3) is 0 Å². The minimum Gasteiger partial charge on any atom is -0.494 e. The average Bonchev–Trinajstić information content (AvgIpc) is 3.29. The average molecular weight is 446 g/mol. The van der Waals surface area contributed by atoms with E-state index in [2.05, 4.69) is 30.2 Å². The number of aromatic nitrogens is 4. The summed E-state index contributed by atoms with van der Waals surface area (Å²) in [5, 5.41) is 6.37. The van der Waals surface area contributed by atoms with E-state index in [1.54, 1.807) is 6.33 Å². The van der Waals surface area contributed by atoms with Crippen molar-refractivity contribution in [2.24, 2.45) is 0 Å². The number of nitrogens with one attached hydrogen (secondary N) is 2. The number of piperidine rings is 1. The summed E-state index contributed by atoms with van der Waals surface area (Å²) in [4.78, 5) is 12.7. The summed E-state index contributed by atoms with van der Waals surface area (Å²) < 4.78 is 46.3. The molecule has 9 nitrogen and oxygen atoms in total. The standard InChI is InChI=1S/C21H24F2N6O3/c1-30-16-7-17(31-2)20(23)15(19(16)22)11-32-14-8-25-21(26-9-14)28-18-10-29(12-27-18)13-3-5-24-6-4-13/h7-10,12-13,24H,3-6,11H2,1-2H3,(H,25,26,28). The number of methoxy groups -OCH3 is 2. The molecule has 32 heavy (non-hydrogen) atoms. The van der Waals surface area contributed by atoms with Crippen molar-refractivity contribution in [1.82, 2.24) is 24.8 Å². The van der Waals surface area contributed by atoms with Gasteiger partial charge >= 0.3 is 0 Å². The molecule has 0 atom stereocenters. The number of hydrogen-bond donors (Lipinski definition) is 2. The first-order valence-corrected chi connectivity index (χ1v) is 10.1. The molecule has 0 bridgehead atoms. The number of imidazole rings is 1. The van der Waals surface area contributed by atoms with Crippen molar-refractivity contribution in [3.8, 4) is 17.2 Å². The Bertz CT molecular complexity index is 1030. The van der Waals surface area contributed by atoms with E-state index in [1.165, 1.54) is 26.6 Å². The Morgan fingerprint density at radius 1 is 1.06 bits per heavy atom. The molecular weight excluding hydrogens is 422 g/mol.